The summed E-state index contributed by atoms with van der Waals surface area (Å²) >= 11 is 4.97. The van der Waals surface area contributed by atoms with Crippen LogP contribution in [-0.2, 0) is 0 Å². The van der Waals surface area contributed by atoms with E-state index in [0.717, 1.165) is 4.42 Å². The molecule has 0 saturated heterocycles. The summed E-state index contributed by atoms with van der Waals surface area (Å²) in [5.41, 5.74) is 4.59. The van der Waals surface area contributed by atoms with E-state index >= 15 is 0 Å². The van der Waals surface area contributed by atoms with Gasteiger partial charge >= 0.3 is 6.03 Å². The van der Waals surface area contributed by atoms with E-state index < -0.39 is 6.03 Å². The van der Waals surface area contributed by atoms with E-state index in [9.17, 15) is 4.79 Å². The molecule has 3 nitrogen and oxygen atoms in total. The standard InChI is InChI=1S/C2H5ClN2O/c1-5(3)2(4)6/h1H3,(H2,4,6). The van der Waals surface area contributed by atoms with Gasteiger partial charge in [-0.2, -0.15) is 0 Å². The number of hydrogen-bond acceptors (Lipinski definition) is 1. The molecule has 0 aliphatic heterocycles. The smallest absolute Gasteiger partial charge is 0.329 e. The average molecular weight is 109 g/mol. The van der Waals surface area contributed by atoms with Gasteiger partial charge in [-0.05, 0) is 0 Å². The topological polar surface area (TPSA) is 46.3 Å². The Hall–Kier alpha value is -0.440. The van der Waals surface area contributed by atoms with Crippen molar-refractivity contribution in [1.82, 2.24) is 4.42 Å². The molecule has 0 spiro atoms. The number of carbonyl (C=O) groups is 1. The highest BCUT2D eigenvalue weighted by Gasteiger charge is 1.92. The van der Waals surface area contributed by atoms with Gasteiger partial charge in [0.05, 0.1) is 0 Å². The van der Waals surface area contributed by atoms with Crippen LogP contribution in [0.3, 0.4) is 0 Å². The lowest BCUT2D eigenvalue weighted by molar-refractivity contribution is 0.238. The minimum atomic E-state index is -0.642. The Morgan fingerprint density at radius 2 is 2.17 bits per heavy atom. The number of hydrogen-bond donors (Lipinski definition) is 1. The monoisotopic (exact) mass is 108 g/mol. The maximum atomic E-state index is 9.72. The number of urea groups is 1. The molecule has 0 unspecified atom stereocenters. The first-order valence-electron chi connectivity index (χ1n) is 1.33. The molecular formula is C2H5ClN2O. The summed E-state index contributed by atoms with van der Waals surface area (Å²) in [7, 11) is 1.36. The molecule has 2 N–H and O–H groups in total. The van der Waals surface area contributed by atoms with E-state index in [1.807, 2.05) is 0 Å². The molecule has 0 saturated carbocycles. The van der Waals surface area contributed by atoms with Crippen molar-refractivity contribution >= 4 is 17.8 Å². The zero-order valence-corrected chi connectivity index (χ0v) is 4.07. The fourth-order valence-corrected chi connectivity index (χ4v) is 0. The molecule has 0 aromatic carbocycles. The average Bonchev–Trinajstić information content (AvgIpc) is 1.36. The molecule has 0 rings (SSSR count). The minimum absolute atomic E-state index is 0.642. The first-order chi connectivity index (χ1) is 2.64. The highest BCUT2D eigenvalue weighted by atomic mass is 35.5. The zero-order valence-electron chi connectivity index (χ0n) is 3.31. The van der Waals surface area contributed by atoms with Crippen molar-refractivity contribution in [3.05, 3.63) is 0 Å². The van der Waals surface area contributed by atoms with E-state index in [0.29, 0.717) is 0 Å². The molecule has 0 aromatic rings. The molecule has 0 aliphatic rings. The van der Waals surface area contributed by atoms with Crippen molar-refractivity contribution in [3.8, 4) is 0 Å². The highest BCUT2D eigenvalue weighted by Crippen LogP contribution is 1.81. The molecule has 4 heteroatoms. The lowest BCUT2D eigenvalue weighted by Gasteiger charge is -1.97. The summed E-state index contributed by atoms with van der Waals surface area (Å²) in [5, 5.41) is 0. The van der Waals surface area contributed by atoms with Crippen LogP contribution in [0, 0.1) is 0 Å². The van der Waals surface area contributed by atoms with Crippen LogP contribution in [0.1, 0.15) is 0 Å². The summed E-state index contributed by atoms with van der Waals surface area (Å²) in [6.45, 7) is 0. The molecule has 0 aliphatic carbocycles. The Kier molecular flexibility index (Phi) is 1.73. The first-order valence-corrected chi connectivity index (χ1v) is 1.67. The van der Waals surface area contributed by atoms with Gasteiger partial charge in [0, 0.05) is 18.8 Å². The van der Waals surface area contributed by atoms with Crippen molar-refractivity contribution in [3.63, 3.8) is 0 Å². The molecule has 0 atom stereocenters. The van der Waals surface area contributed by atoms with E-state index in [2.05, 4.69) is 5.73 Å². The number of primary amides is 1. The first kappa shape index (κ1) is 5.56. The summed E-state index contributed by atoms with van der Waals surface area (Å²) in [5.74, 6) is 0. The van der Waals surface area contributed by atoms with Gasteiger partial charge < -0.3 is 5.73 Å². The molecule has 0 aromatic heterocycles. The predicted octanol–water partition coefficient (Wildman–Crippen LogP) is 0.151. The van der Waals surface area contributed by atoms with Crippen LogP contribution >= 0.6 is 11.8 Å². The van der Waals surface area contributed by atoms with Crippen LogP contribution in [0.2, 0.25) is 0 Å². The molecular weight excluding hydrogens is 103 g/mol. The van der Waals surface area contributed by atoms with Gasteiger partial charge in [0.1, 0.15) is 0 Å². The van der Waals surface area contributed by atoms with Gasteiger partial charge in [0.25, 0.3) is 0 Å². The van der Waals surface area contributed by atoms with Crippen LogP contribution in [0.5, 0.6) is 0 Å². The number of nitrogens with zero attached hydrogens (tertiary/aromatic N) is 1. The second kappa shape index (κ2) is 1.87. The summed E-state index contributed by atoms with van der Waals surface area (Å²) < 4.78 is 0.778. The van der Waals surface area contributed by atoms with Gasteiger partial charge in [-0.3, -0.25) is 0 Å². The van der Waals surface area contributed by atoms with Crippen LogP contribution in [0.25, 0.3) is 0 Å². The van der Waals surface area contributed by atoms with E-state index in [1.54, 1.807) is 0 Å². The van der Waals surface area contributed by atoms with E-state index in [-0.39, 0.29) is 0 Å². The number of rotatable bonds is 0. The second-order valence-corrected chi connectivity index (χ2v) is 1.32. The lowest BCUT2D eigenvalue weighted by Crippen LogP contribution is -2.23. The molecule has 2 amide bonds. The normalized spacial score (nSPS) is 7.67. The fraction of sp³-hybridized carbons (Fsp3) is 0.500. The third kappa shape index (κ3) is 1.84. The van der Waals surface area contributed by atoms with Crippen molar-refractivity contribution < 1.29 is 4.79 Å². The van der Waals surface area contributed by atoms with Gasteiger partial charge in [0.2, 0.25) is 0 Å². The number of halogens is 1. The van der Waals surface area contributed by atoms with Gasteiger partial charge in [-0.1, -0.05) is 0 Å². The third-order valence-corrected chi connectivity index (χ3v) is 0.470. The van der Waals surface area contributed by atoms with Gasteiger partial charge in [-0.25, -0.2) is 9.21 Å². The maximum absolute atomic E-state index is 9.72. The molecule has 0 fully saturated rings. The number of nitrogens with two attached hydrogens (primary N) is 1. The number of amides is 2. The molecule has 36 valence electrons. The van der Waals surface area contributed by atoms with Crippen LogP contribution in [-0.4, -0.2) is 17.5 Å². The van der Waals surface area contributed by atoms with Crippen LogP contribution in [0.4, 0.5) is 4.79 Å². The van der Waals surface area contributed by atoms with Crippen LogP contribution < -0.4 is 5.73 Å². The fourth-order valence-electron chi connectivity index (χ4n) is 0. The molecule has 0 radical (unpaired) electrons. The lowest BCUT2D eigenvalue weighted by atomic mass is 11.0. The Morgan fingerprint density at radius 1 is 2.00 bits per heavy atom. The quantitative estimate of drug-likeness (QED) is 0.441. The van der Waals surface area contributed by atoms with Crippen molar-refractivity contribution in [1.29, 1.82) is 0 Å². The molecule has 0 bridgehead atoms. The zero-order chi connectivity index (χ0) is 5.15. The van der Waals surface area contributed by atoms with E-state index in [1.165, 1.54) is 7.05 Å². The highest BCUT2D eigenvalue weighted by molar-refractivity contribution is 6.20. The summed E-state index contributed by atoms with van der Waals surface area (Å²) in [6, 6.07) is -0.642. The minimum Gasteiger partial charge on any atom is -0.350 e. The predicted molar refractivity (Wildman–Crippen MR) is 23.2 cm³/mol. The van der Waals surface area contributed by atoms with Crippen molar-refractivity contribution in [2.24, 2.45) is 5.73 Å². The summed E-state index contributed by atoms with van der Waals surface area (Å²) in [4.78, 5) is 9.72. The van der Waals surface area contributed by atoms with Crippen LogP contribution in [0.15, 0.2) is 0 Å². The second-order valence-electron chi connectivity index (χ2n) is 0.815. The summed E-state index contributed by atoms with van der Waals surface area (Å²) in [6.07, 6.45) is 0. The Bertz CT molecular complexity index is 62.6. The van der Waals surface area contributed by atoms with Crippen molar-refractivity contribution in [2.45, 2.75) is 0 Å². The van der Waals surface area contributed by atoms with Gasteiger partial charge in [-0.15, -0.1) is 0 Å². The SMILES string of the molecule is CN(Cl)C(N)=O. The van der Waals surface area contributed by atoms with Crippen molar-refractivity contribution in [2.75, 3.05) is 7.05 Å². The Labute approximate surface area is 40.8 Å². The maximum Gasteiger partial charge on any atom is 0.329 e. The Morgan fingerprint density at radius 3 is 2.17 bits per heavy atom. The molecule has 0 heterocycles. The third-order valence-electron chi connectivity index (χ3n) is 0.304. The molecule has 6 heavy (non-hydrogen) atoms. The number of carbonyl (C=O) groups excluding carboxylic acids is 1. The van der Waals surface area contributed by atoms with Gasteiger partial charge in [0.15, 0.2) is 0 Å². The largest absolute Gasteiger partial charge is 0.350 e. The Balaban J connectivity index is 3.26. The van der Waals surface area contributed by atoms with E-state index in [4.69, 9.17) is 11.8 Å².